The number of rotatable bonds is 4. The lowest BCUT2D eigenvalue weighted by molar-refractivity contribution is 0.754. The second kappa shape index (κ2) is 7.01. The van der Waals surface area contributed by atoms with Crippen molar-refractivity contribution in [3.8, 4) is 28.2 Å². The predicted molar refractivity (Wildman–Crippen MR) is 109 cm³/mol. The van der Waals surface area contributed by atoms with Crippen LogP contribution >= 0.6 is 0 Å². The molecule has 0 N–H and O–H groups in total. The third kappa shape index (κ3) is 2.95. The fourth-order valence-electron chi connectivity index (χ4n) is 3.32. The topological polar surface area (TPSA) is 17.8 Å². The van der Waals surface area contributed by atoms with Gasteiger partial charge in [0.2, 0.25) is 0 Å². The van der Waals surface area contributed by atoms with Gasteiger partial charge in [-0.05, 0) is 12.1 Å². The molecule has 0 aliphatic heterocycles. The lowest BCUT2D eigenvalue weighted by atomic mass is 10.0. The molecule has 1 heterocycles. The van der Waals surface area contributed by atoms with E-state index < -0.39 is 0 Å². The van der Waals surface area contributed by atoms with Crippen molar-refractivity contribution in [1.29, 1.82) is 0 Å². The summed E-state index contributed by atoms with van der Waals surface area (Å²) >= 11 is 0. The SMILES string of the molecule is CC(C)c1nc(-c2ccccc2)c(-c2ccccc2)n1-c1ccccc1. The van der Waals surface area contributed by atoms with Crippen LogP contribution in [0.3, 0.4) is 0 Å². The number of hydrogen-bond acceptors (Lipinski definition) is 1. The van der Waals surface area contributed by atoms with Crippen molar-refractivity contribution < 1.29 is 0 Å². The van der Waals surface area contributed by atoms with Crippen LogP contribution in [0.2, 0.25) is 0 Å². The van der Waals surface area contributed by atoms with Gasteiger partial charge in [0, 0.05) is 22.7 Å². The molecule has 2 nitrogen and oxygen atoms in total. The molecule has 2 heteroatoms. The average molecular weight is 338 g/mol. The zero-order valence-electron chi connectivity index (χ0n) is 15.1. The standard InChI is InChI=1S/C24H22N2/c1-18(2)24-25-22(19-12-6-3-7-13-19)23(20-14-8-4-9-15-20)26(24)21-16-10-5-11-17-21/h3-18H,1-2H3. The lowest BCUT2D eigenvalue weighted by Gasteiger charge is -2.15. The zero-order valence-corrected chi connectivity index (χ0v) is 15.1. The molecule has 0 bridgehead atoms. The maximum absolute atomic E-state index is 5.10. The Balaban J connectivity index is 2.08. The van der Waals surface area contributed by atoms with Gasteiger partial charge < -0.3 is 0 Å². The van der Waals surface area contributed by atoms with E-state index in [9.17, 15) is 0 Å². The maximum Gasteiger partial charge on any atom is 0.117 e. The summed E-state index contributed by atoms with van der Waals surface area (Å²) in [6, 6.07) is 31.5. The number of imidazole rings is 1. The molecule has 0 radical (unpaired) electrons. The molecule has 0 spiro atoms. The van der Waals surface area contributed by atoms with Crippen LogP contribution in [-0.2, 0) is 0 Å². The van der Waals surface area contributed by atoms with Gasteiger partial charge in [0.25, 0.3) is 0 Å². The van der Waals surface area contributed by atoms with Crippen LogP contribution < -0.4 is 0 Å². The number of aromatic nitrogens is 2. The van der Waals surface area contributed by atoms with Crippen LogP contribution in [0.4, 0.5) is 0 Å². The highest BCUT2D eigenvalue weighted by molar-refractivity contribution is 5.80. The molecule has 0 unspecified atom stereocenters. The molecule has 3 aromatic carbocycles. The zero-order chi connectivity index (χ0) is 17.9. The summed E-state index contributed by atoms with van der Waals surface area (Å²) in [4.78, 5) is 5.10. The minimum Gasteiger partial charge on any atom is -0.295 e. The van der Waals surface area contributed by atoms with Crippen LogP contribution in [0.5, 0.6) is 0 Å². The van der Waals surface area contributed by atoms with Crippen molar-refractivity contribution in [2.24, 2.45) is 0 Å². The Morgan fingerprint density at radius 1 is 0.654 bits per heavy atom. The van der Waals surface area contributed by atoms with E-state index in [0.29, 0.717) is 5.92 Å². The van der Waals surface area contributed by atoms with Gasteiger partial charge in [-0.2, -0.15) is 0 Å². The molecule has 0 aliphatic rings. The minimum absolute atomic E-state index is 0.315. The van der Waals surface area contributed by atoms with Gasteiger partial charge in [-0.25, -0.2) is 4.98 Å². The first-order chi connectivity index (χ1) is 12.8. The van der Waals surface area contributed by atoms with Gasteiger partial charge in [-0.1, -0.05) is 92.7 Å². The van der Waals surface area contributed by atoms with Crippen LogP contribution in [0.25, 0.3) is 28.2 Å². The summed E-state index contributed by atoms with van der Waals surface area (Å²) in [7, 11) is 0. The second-order valence-corrected chi connectivity index (χ2v) is 6.72. The third-order valence-corrected chi connectivity index (χ3v) is 4.53. The molecule has 0 saturated heterocycles. The highest BCUT2D eigenvalue weighted by atomic mass is 15.1. The third-order valence-electron chi connectivity index (χ3n) is 4.53. The summed E-state index contributed by atoms with van der Waals surface area (Å²) in [5.74, 6) is 1.39. The van der Waals surface area contributed by atoms with Crippen LogP contribution in [-0.4, -0.2) is 9.55 Å². The molecule has 0 atom stereocenters. The Hall–Kier alpha value is -3.13. The molecule has 26 heavy (non-hydrogen) atoms. The van der Waals surface area contributed by atoms with Gasteiger partial charge >= 0.3 is 0 Å². The molecule has 0 aliphatic carbocycles. The Morgan fingerprint density at radius 2 is 1.15 bits per heavy atom. The second-order valence-electron chi connectivity index (χ2n) is 6.72. The average Bonchev–Trinajstić information content (AvgIpc) is 3.11. The van der Waals surface area contributed by atoms with Gasteiger partial charge in [0.05, 0.1) is 11.4 Å². The molecule has 0 saturated carbocycles. The number of nitrogens with zero attached hydrogens (tertiary/aromatic N) is 2. The lowest BCUT2D eigenvalue weighted by Crippen LogP contribution is -2.04. The van der Waals surface area contributed by atoms with Crippen molar-refractivity contribution in [1.82, 2.24) is 9.55 Å². The number of benzene rings is 3. The van der Waals surface area contributed by atoms with Crippen LogP contribution in [0.15, 0.2) is 91.0 Å². The molecule has 4 aromatic rings. The fraction of sp³-hybridized carbons (Fsp3) is 0.125. The monoisotopic (exact) mass is 338 g/mol. The summed E-state index contributed by atoms with van der Waals surface area (Å²) in [6.45, 7) is 4.40. The summed E-state index contributed by atoms with van der Waals surface area (Å²) in [6.07, 6.45) is 0. The summed E-state index contributed by atoms with van der Waals surface area (Å²) < 4.78 is 2.31. The molecular weight excluding hydrogens is 316 g/mol. The highest BCUT2D eigenvalue weighted by Crippen LogP contribution is 2.36. The van der Waals surface area contributed by atoms with E-state index >= 15 is 0 Å². The minimum atomic E-state index is 0.315. The Morgan fingerprint density at radius 3 is 1.69 bits per heavy atom. The normalized spacial score (nSPS) is 11.0. The molecular formula is C24H22N2. The maximum atomic E-state index is 5.10. The fourth-order valence-corrected chi connectivity index (χ4v) is 3.32. The van der Waals surface area contributed by atoms with E-state index in [-0.39, 0.29) is 0 Å². The number of hydrogen-bond donors (Lipinski definition) is 0. The Labute approximate surface area is 154 Å². The molecule has 0 fully saturated rings. The van der Waals surface area contributed by atoms with E-state index in [1.54, 1.807) is 0 Å². The van der Waals surface area contributed by atoms with E-state index in [0.717, 1.165) is 28.5 Å². The van der Waals surface area contributed by atoms with E-state index in [1.807, 2.05) is 6.07 Å². The van der Waals surface area contributed by atoms with Crippen molar-refractivity contribution in [3.05, 3.63) is 96.8 Å². The quantitative estimate of drug-likeness (QED) is 0.425. The Kier molecular flexibility index (Phi) is 4.40. The molecule has 128 valence electrons. The van der Waals surface area contributed by atoms with Gasteiger partial charge in [0.15, 0.2) is 0 Å². The van der Waals surface area contributed by atoms with Crippen LogP contribution in [0, 0.1) is 0 Å². The summed E-state index contributed by atoms with van der Waals surface area (Å²) in [5.41, 5.74) is 5.64. The van der Waals surface area contributed by atoms with E-state index in [4.69, 9.17) is 4.98 Å². The molecule has 1 aromatic heterocycles. The number of para-hydroxylation sites is 1. The van der Waals surface area contributed by atoms with Crippen molar-refractivity contribution in [3.63, 3.8) is 0 Å². The molecule has 0 amide bonds. The first-order valence-corrected chi connectivity index (χ1v) is 9.04. The van der Waals surface area contributed by atoms with Gasteiger partial charge in [-0.3, -0.25) is 4.57 Å². The van der Waals surface area contributed by atoms with E-state index in [1.165, 1.54) is 5.56 Å². The smallest absolute Gasteiger partial charge is 0.117 e. The van der Waals surface area contributed by atoms with Gasteiger partial charge in [0.1, 0.15) is 5.82 Å². The predicted octanol–water partition coefficient (Wildman–Crippen LogP) is 6.33. The Bertz CT molecular complexity index is 985. The first kappa shape index (κ1) is 16.3. The highest BCUT2D eigenvalue weighted by Gasteiger charge is 2.22. The van der Waals surface area contributed by atoms with Crippen molar-refractivity contribution >= 4 is 0 Å². The van der Waals surface area contributed by atoms with Crippen molar-refractivity contribution in [2.45, 2.75) is 19.8 Å². The van der Waals surface area contributed by atoms with Crippen molar-refractivity contribution in [2.75, 3.05) is 0 Å². The van der Waals surface area contributed by atoms with Gasteiger partial charge in [-0.15, -0.1) is 0 Å². The molecule has 4 rings (SSSR count). The first-order valence-electron chi connectivity index (χ1n) is 9.04. The van der Waals surface area contributed by atoms with E-state index in [2.05, 4.69) is 103 Å². The van der Waals surface area contributed by atoms with Crippen LogP contribution in [0.1, 0.15) is 25.6 Å². The summed E-state index contributed by atoms with van der Waals surface area (Å²) in [5, 5.41) is 0. The largest absolute Gasteiger partial charge is 0.295 e.